The van der Waals surface area contributed by atoms with E-state index in [0.717, 1.165) is 23.1 Å². The van der Waals surface area contributed by atoms with Crippen molar-refractivity contribution >= 4 is 28.5 Å². The molecule has 192 valence electrons. The summed E-state index contributed by atoms with van der Waals surface area (Å²) >= 11 is 0. The van der Waals surface area contributed by atoms with Crippen molar-refractivity contribution in [3.8, 4) is 0 Å². The van der Waals surface area contributed by atoms with E-state index in [-0.39, 0.29) is 41.6 Å². The summed E-state index contributed by atoms with van der Waals surface area (Å²) in [6.07, 6.45) is 1.45. The van der Waals surface area contributed by atoms with Crippen molar-refractivity contribution in [3.63, 3.8) is 0 Å². The number of carbonyl (C=O) groups excluding carboxylic acids is 2. The molecule has 2 aliphatic heterocycles. The average Bonchev–Trinajstić information content (AvgIpc) is 3.30. The minimum Gasteiger partial charge on any atom is -0.450 e. The third-order valence-electron chi connectivity index (χ3n) is 7.84. The summed E-state index contributed by atoms with van der Waals surface area (Å²) in [7, 11) is 0. The number of unbranched alkanes of at least 4 members (excludes halogenated alkanes) is 1. The van der Waals surface area contributed by atoms with Crippen LogP contribution in [0.25, 0.3) is 11.0 Å². The normalized spacial score (nSPS) is 18.1. The molecule has 0 saturated carbocycles. The molecule has 0 saturated heterocycles. The third kappa shape index (κ3) is 3.20. The smallest absolute Gasteiger partial charge is 0.291 e. The van der Waals surface area contributed by atoms with Crippen LogP contribution in [0.5, 0.6) is 0 Å². The molecular weight excluding hydrogens is 483 g/mol. The predicted molar refractivity (Wildman–Crippen MR) is 143 cm³/mol. The SMILES string of the molecule is CCCCN1C(=O)c2oc3cc(C)c(C)cc3c(=O)c2C12C(=O)N(Cc1ccc(F)cc1)c1ccccc12. The molecule has 1 atom stereocenters. The molecule has 2 aliphatic rings. The number of amides is 2. The lowest BCUT2D eigenvalue weighted by molar-refractivity contribution is -0.126. The first-order valence-corrected chi connectivity index (χ1v) is 12.9. The maximum Gasteiger partial charge on any atom is 0.291 e. The third-order valence-corrected chi connectivity index (χ3v) is 7.84. The van der Waals surface area contributed by atoms with Gasteiger partial charge in [0.25, 0.3) is 11.8 Å². The first-order chi connectivity index (χ1) is 18.3. The van der Waals surface area contributed by atoms with Gasteiger partial charge in [0.05, 0.1) is 23.2 Å². The second-order valence-corrected chi connectivity index (χ2v) is 10.1. The highest BCUT2D eigenvalue weighted by Gasteiger charge is 2.64. The fourth-order valence-corrected chi connectivity index (χ4v) is 5.79. The van der Waals surface area contributed by atoms with Crippen LogP contribution in [0.2, 0.25) is 0 Å². The van der Waals surface area contributed by atoms with Crippen LogP contribution in [-0.2, 0) is 16.9 Å². The number of carbonyl (C=O) groups is 2. The highest BCUT2D eigenvalue weighted by molar-refractivity contribution is 6.17. The van der Waals surface area contributed by atoms with Crippen LogP contribution in [0.4, 0.5) is 10.1 Å². The summed E-state index contributed by atoms with van der Waals surface area (Å²) in [5.74, 6) is -1.29. The number of halogens is 1. The Balaban J connectivity index is 1.64. The Kier molecular flexibility index (Phi) is 5.49. The minimum atomic E-state index is -1.63. The molecule has 0 aliphatic carbocycles. The number of hydrogen-bond acceptors (Lipinski definition) is 4. The monoisotopic (exact) mass is 510 g/mol. The maximum absolute atomic E-state index is 14.6. The van der Waals surface area contributed by atoms with Crippen molar-refractivity contribution in [3.05, 3.63) is 110 Å². The lowest BCUT2D eigenvalue weighted by Gasteiger charge is -2.34. The average molecular weight is 511 g/mol. The molecule has 1 unspecified atom stereocenters. The molecule has 0 bridgehead atoms. The lowest BCUT2D eigenvalue weighted by atomic mass is 9.83. The van der Waals surface area contributed by atoms with E-state index in [2.05, 4.69) is 0 Å². The van der Waals surface area contributed by atoms with Gasteiger partial charge in [-0.15, -0.1) is 0 Å². The molecule has 4 aromatic rings. The Hall–Kier alpha value is -4.26. The molecule has 0 radical (unpaired) electrons. The number of para-hydroxylation sites is 1. The van der Waals surface area contributed by atoms with Crippen molar-refractivity contribution in [2.45, 2.75) is 45.7 Å². The highest BCUT2D eigenvalue weighted by Crippen LogP contribution is 2.53. The summed E-state index contributed by atoms with van der Waals surface area (Å²) in [5.41, 5.74) is 2.18. The van der Waals surface area contributed by atoms with Gasteiger partial charge in [-0.1, -0.05) is 43.7 Å². The van der Waals surface area contributed by atoms with Gasteiger partial charge in [0, 0.05) is 12.1 Å². The van der Waals surface area contributed by atoms with Crippen molar-refractivity contribution < 1.29 is 18.4 Å². The molecule has 3 heterocycles. The van der Waals surface area contributed by atoms with E-state index in [1.54, 1.807) is 29.2 Å². The van der Waals surface area contributed by atoms with Gasteiger partial charge in [-0.3, -0.25) is 14.4 Å². The molecule has 1 aromatic heterocycles. The Bertz CT molecular complexity index is 1690. The van der Waals surface area contributed by atoms with E-state index in [1.807, 2.05) is 45.0 Å². The summed E-state index contributed by atoms with van der Waals surface area (Å²) < 4.78 is 19.7. The molecule has 7 heteroatoms. The van der Waals surface area contributed by atoms with E-state index >= 15 is 0 Å². The lowest BCUT2D eigenvalue weighted by Crippen LogP contribution is -2.53. The first kappa shape index (κ1) is 24.1. The zero-order valence-electron chi connectivity index (χ0n) is 21.5. The predicted octanol–water partition coefficient (Wildman–Crippen LogP) is 5.60. The van der Waals surface area contributed by atoms with Crippen molar-refractivity contribution in [1.29, 1.82) is 0 Å². The number of rotatable bonds is 5. The fraction of sp³-hybridized carbons (Fsp3) is 0.258. The van der Waals surface area contributed by atoms with E-state index in [1.165, 1.54) is 17.0 Å². The van der Waals surface area contributed by atoms with Crippen LogP contribution in [0.1, 0.15) is 58.1 Å². The standard InChI is InChI=1S/C31H27FN2O4/c1-4-5-14-34-29(36)28-26(27(35)22-15-18(2)19(3)16-25(22)38-28)31(34)23-8-6-7-9-24(23)33(30(31)37)17-20-10-12-21(32)13-11-20/h6-13,15-16H,4-5,14,17H2,1-3H3. The van der Waals surface area contributed by atoms with Gasteiger partial charge >= 0.3 is 0 Å². The number of anilines is 1. The van der Waals surface area contributed by atoms with Crippen LogP contribution in [0, 0.1) is 19.7 Å². The van der Waals surface area contributed by atoms with Crippen molar-refractivity contribution in [2.24, 2.45) is 0 Å². The van der Waals surface area contributed by atoms with Crippen molar-refractivity contribution in [1.82, 2.24) is 4.90 Å². The molecule has 6 nitrogen and oxygen atoms in total. The number of fused-ring (bicyclic) bond motifs is 5. The largest absolute Gasteiger partial charge is 0.450 e. The molecule has 2 amide bonds. The summed E-state index contributed by atoms with van der Waals surface area (Å²) in [4.78, 5) is 45.9. The number of nitrogens with zero attached hydrogens (tertiary/aromatic N) is 2. The molecule has 1 spiro atoms. The summed E-state index contributed by atoms with van der Waals surface area (Å²) in [5, 5.41) is 0.346. The Morgan fingerprint density at radius 2 is 1.66 bits per heavy atom. The first-order valence-electron chi connectivity index (χ1n) is 12.9. The summed E-state index contributed by atoms with van der Waals surface area (Å²) in [6.45, 7) is 6.30. The second-order valence-electron chi connectivity index (χ2n) is 10.1. The highest BCUT2D eigenvalue weighted by atomic mass is 19.1. The van der Waals surface area contributed by atoms with Crippen molar-refractivity contribution in [2.75, 3.05) is 11.4 Å². The van der Waals surface area contributed by atoms with Gasteiger partial charge in [-0.2, -0.15) is 0 Å². The molecule has 38 heavy (non-hydrogen) atoms. The molecular formula is C31H27FN2O4. The minimum absolute atomic E-state index is 0.0753. The van der Waals surface area contributed by atoms with E-state index < -0.39 is 11.4 Å². The Morgan fingerprint density at radius 3 is 2.39 bits per heavy atom. The number of hydrogen-bond donors (Lipinski definition) is 0. The fourth-order valence-electron chi connectivity index (χ4n) is 5.79. The maximum atomic E-state index is 14.6. The van der Waals surface area contributed by atoms with Crippen LogP contribution in [-0.4, -0.2) is 23.3 Å². The number of aryl methyl sites for hydroxylation is 2. The van der Waals surface area contributed by atoms with Gasteiger partial charge in [-0.05, 0) is 67.3 Å². The topological polar surface area (TPSA) is 70.8 Å². The van der Waals surface area contributed by atoms with E-state index in [0.29, 0.717) is 28.6 Å². The zero-order valence-corrected chi connectivity index (χ0v) is 21.5. The zero-order chi connectivity index (χ0) is 26.8. The summed E-state index contributed by atoms with van der Waals surface area (Å²) in [6, 6.07) is 16.8. The van der Waals surface area contributed by atoms with Gasteiger partial charge in [-0.25, -0.2) is 4.39 Å². The Labute approximate surface area is 219 Å². The molecule has 0 fully saturated rings. The molecule has 6 rings (SSSR count). The van der Waals surface area contributed by atoms with Crippen LogP contribution < -0.4 is 10.3 Å². The van der Waals surface area contributed by atoms with Gasteiger partial charge in [0.15, 0.2) is 11.0 Å². The van der Waals surface area contributed by atoms with E-state index in [9.17, 15) is 18.8 Å². The Morgan fingerprint density at radius 1 is 0.947 bits per heavy atom. The number of benzene rings is 3. The van der Waals surface area contributed by atoms with E-state index in [4.69, 9.17) is 4.42 Å². The van der Waals surface area contributed by atoms with Gasteiger partial charge < -0.3 is 14.2 Å². The molecule has 0 N–H and O–H groups in total. The quantitative estimate of drug-likeness (QED) is 0.351. The molecule has 3 aromatic carbocycles. The van der Waals surface area contributed by atoms with Gasteiger partial charge in [0.1, 0.15) is 11.4 Å². The van der Waals surface area contributed by atoms with Gasteiger partial charge in [0.2, 0.25) is 5.76 Å². The second kappa shape index (κ2) is 8.65. The van der Waals surface area contributed by atoms with Crippen LogP contribution in [0.3, 0.4) is 0 Å². The van der Waals surface area contributed by atoms with Crippen LogP contribution in [0.15, 0.2) is 69.9 Å². The van der Waals surface area contributed by atoms with Crippen LogP contribution >= 0.6 is 0 Å².